The number of thiophene rings is 1. The second kappa shape index (κ2) is 9.15. The standard InChI is InChI=1S/C19H23N5OS3/c1-25-17-4-2-3-16(11-17)20-18-21-24(19(26)28-18)14-23-8-6-22(7-9-23)12-15-5-10-27-13-15/h2-5,10-11,13H,6-9,12,14H2,1H3,(H,20,21). The molecule has 3 aromatic rings. The van der Waals surface area contributed by atoms with E-state index in [1.54, 1.807) is 18.4 Å². The van der Waals surface area contributed by atoms with Crippen LogP contribution in [0.5, 0.6) is 5.75 Å². The molecule has 1 aromatic carbocycles. The molecule has 1 aliphatic rings. The Morgan fingerprint density at radius 3 is 2.75 bits per heavy atom. The van der Waals surface area contributed by atoms with E-state index in [1.807, 2.05) is 28.9 Å². The summed E-state index contributed by atoms with van der Waals surface area (Å²) in [6.45, 7) is 5.98. The van der Waals surface area contributed by atoms with Crippen LogP contribution in [0.15, 0.2) is 41.1 Å². The van der Waals surface area contributed by atoms with Crippen LogP contribution in [-0.2, 0) is 13.2 Å². The summed E-state index contributed by atoms with van der Waals surface area (Å²) >= 11 is 8.78. The lowest BCUT2D eigenvalue weighted by atomic mass is 10.2. The molecule has 1 N–H and O–H groups in total. The topological polar surface area (TPSA) is 45.6 Å². The minimum atomic E-state index is 0.738. The fourth-order valence-corrected chi connectivity index (χ4v) is 4.86. The first-order chi connectivity index (χ1) is 13.7. The van der Waals surface area contributed by atoms with E-state index in [0.717, 1.165) is 59.9 Å². The summed E-state index contributed by atoms with van der Waals surface area (Å²) in [7, 11) is 1.66. The van der Waals surface area contributed by atoms with Crippen LogP contribution in [-0.4, -0.2) is 52.9 Å². The Morgan fingerprint density at radius 2 is 2.00 bits per heavy atom. The highest BCUT2D eigenvalue weighted by atomic mass is 32.1. The molecule has 148 valence electrons. The molecule has 1 saturated heterocycles. The maximum atomic E-state index is 5.52. The minimum Gasteiger partial charge on any atom is -0.497 e. The molecule has 0 aliphatic carbocycles. The van der Waals surface area contributed by atoms with Crippen LogP contribution in [0.3, 0.4) is 0 Å². The van der Waals surface area contributed by atoms with Crippen LogP contribution in [0.2, 0.25) is 0 Å². The van der Waals surface area contributed by atoms with Crippen LogP contribution < -0.4 is 10.1 Å². The predicted molar refractivity (Wildman–Crippen MR) is 118 cm³/mol. The average Bonchev–Trinajstić information content (AvgIpc) is 3.33. The van der Waals surface area contributed by atoms with Crippen molar-refractivity contribution < 1.29 is 4.74 Å². The second-order valence-corrected chi connectivity index (χ2v) is 9.10. The highest BCUT2D eigenvalue weighted by Gasteiger charge is 2.18. The van der Waals surface area contributed by atoms with Gasteiger partial charge in [0.2, 0.25) is 5.13 Å². The quantitative estimate of drug-likeness (QED) is 0.562. The maximum absolute atomic E-state index is 5.52. The van der Waals surface area contributed by atoms with Crippen molar-refractivity contribution in [2.24, 2.45) is 0 Å². The number of rotatable bonds is 7. The molecule has 0 atom stereocenters. The van der Waals surface area contributed by atoms with E-state index in [2.05, 4.69) is 37.0 Å². The monoisotopic (exact) mass is 433 g/mol. The number of nitrogens with one attached hydrogen (secondary N) is 1. The van der Waals surface area contributed by atoms with Gasteiger partial charge in [-0.3, -0.25) is 9.80 Å². The number of nitrogens with zero attached hydrogens (tertiary/aromatic N) is 4. The summed E-state index contributed by atoms with van der Waals surface area (Å²) in [6, 6.07) is 10.0. The first kappa shape index (κ1) is 19.5. The Labute approximate surface area is 178 Å². The van der Waals surface area contributed by atoms with Gasteiger partial charge in [-0.15, -0.1) is 5.10 Å². The summed E-state index contributed by atoms with van der Waals surface area (Å²) in [5.41, 5.74) is 2.35. The first-order valence-corrected chi connectivity index (χ1v) is 11.3. The molecule has 0 saturated carbocycles. The molecule has 4 rings (SSSR count). The van der Waals surface area contributed by atoms with Crippen molar-refractivity contribution in [2.75, 3.05) is 38.6 Å². The highest BCUT2D eigenvalue weighted by molar-refractivity contribution is 7.73. The minimum absolute atomic E-state index is 0.738. The molecular formula is C19H23N5OS3. The molecule has 9 heteroatoms. The summed E-state index contributed by atoms with van der Waals surface area (Å²) in [4.78, 5) is 4.92. The molecule has 0 spiro atoms. The van der Waals surface area contributed by atoms with Gasteiger partial charge in [-0.25, -0.2) is 4.68 Å². The number of methoxy groups -OCH3 is 1. The van der Waals surface area contributed by atoms with E-state index in [4.69, 9.17) is 17.0 Å². The molecule has 28 heavy (non-hydrogen) atoms. The van der Waals surface area contributed by atoms with Gasteiger partial charge in [-0.05, 0) is 46.7 Å². The lowest BCUT2D eigenvalue weighted by Gasteiger charge is -2.34. The zero-order valence-corrected chi connectivity index (χ0v) is 18.2. The van der Waals surface area contributed by atoms with E-state index in [-0.39, 0.29) is 0 Å². The van der Waals surface area contributed by atoms with Gasteiger partial charge in [0.25, 0.3) is 0 Å². The molecule has 0 unspecified atom stereocenters. The normalized spacial score (nSPS) is 15.6. The number of piperazine rings is 1. The van der Waals surface area contributed by atoms with Crippen LogP contribution in [0.4, 0.5) is 10.8 Å². The summed E-state index contributed by atoms with van der Waals surface area (Å²) in [5.74, 6) is 0.813. The molecule has 0 bridgehead atoms. The second-order valence-electron chi connectivity index (χ2n) is 6.70. The third kappa shape index (κ3) is 4.98. The van der Waals surface area contributed by atoms with Gasteiger partial charge in [0, 0.05) is 44.5 Å². The Kier molecular flexibility index (Phi) is 6.38. The summed E-state index contributed by atoms with van der Waals surface area (Å²) in [5, 5.41) is 13.2. The number of hydrogen-bond donors (Lipinski definition) is 1. The molecule has 0 amide bonds. The van der Waals surface area contributed by atoms with Gasteiger partial charge in [-0.1, -0.05) is 17.4 Å². The molecule has 3 heterocycles. The van der Waals surface area contributed by atoms with Gasteiger partial charge >= 0.3 is 0 Å². The summed E-state index contributed by atoms with van der Waals surface area (Å²) < 4.78 is 7.97. The van der Waals surface area contributed by atoms with Gasteiger partial charge < -0.3 is 10.1 Å². The maximum Gasteiger partial charge on any atom is 0.209 e. The van der Waals surface area contributed by atoms with E-state index in [0.29, 0.717) is 0 Å². The van der Waals surface area contributed by atoms with Crippen molar-refractivity contribution in [3.63, 3.8) is 0 Å². The smallest absolute Gasteiger partial charge is 0.209 e. The lowest BCUT2D eigenvalue weighted by Crippen LogP contribution is -2.46. The summed E-state index contributed by atoms with van der Waals surface area (Å²) in [6.07, 6.45) is 0. The van der Waals surface area contributed by atoms with E-state index >= 15 is 0 Å². The SMILES string of the molecule is COc1cccc(Nc2nn(CN3CCN(Cc4ccsc4)CC3)c(=S)s2)c1. The highest BCUT2D eigenvalue weighted by Crippen LogP contribution is 2.23. The van der Waals surface area contributed by atoms with Crippen LogP contribution >= 0.6 is 34.9 Å². The van der Waals surface area contributed by atoms with Gasteiger partial charge in [0.1, 0.15) is 5.75 Å². The molecule has 1 aliphatic heterocycles. The zero-order chi connectivity index (χ0) is 19.3. The van der Waals surface area contributed by atoms with Gasteiger partial charge in [0.05, 0.1) is 13.8 Å². The molecule has 0 radical (unpaired) electrons. The lowest BCUT2D eigenvalue weighted by molar-refractivity contribution is 0.0986. The number of benzene rings is 1. The zero-order valence-electron chi connectivity index (χ0n) is 15.7. The van der Waals surface area contributed by atoms with Gasteiger partial charge in [-0.2, -0.15) is 11.3 Å². The van der Waals surface area contributed by atoms with Crippen LogP contribution in [0, 0.1) is 3.95 Å². The first-order valence-electron chi connectivity index (χ1n) is 9.14. The van der Waals surface area contributed by atoms with Crippen molar-refractivity contribution in [3.8, 4) is 5.75 Å². The van der Waals surface area contributed by atoms with Crippen molar-refractivity contribution in [1.29, 1.82) is 0 Å². The average molecular weight is 434 g/mol. The van der Waals surface area contributed by atoms with E-state index in [9.17, 15) is 0 Å². The van der Waals surface area contributed by atoms with Crippen molar-refractivity contribution >= 4 is 45.7 Å². The Bertz CT molecular complexity index is 945. The predicted octanol–water partition coefficient (Wildman–Crippen LogP) is 4.26. The Balaban J connectivity index is 1.32. The Morgan fingerprint density at radius 1 is 1.18 bits per heavy atom. The fraction of sp³-hybridized carbons (Fsp3) is 0.368. The van der Waals surface area contributed by atoms with Crippen molar-refractivity contribution in [2.45, 2.75) is 13.2 Å². The number of hydrogen-bond acceptors (Lipinski definition) is 8. The van der Waals surface area contributed by atoms with Crippen LogP contribution in [0.25, 0.3) is 0 Å². The number of ether oxygens (including phenoxy) is 1. The fourth-order valence-electron chi connectivity index (χ4n) is 3.19. The van der Waals surface area contributed by atoms with Crippen molar-refractivity contribution in [1.82, 2.24) is 19.6 Å². The molecular weight excluding hydrogens is 410 g/mol. The van der Waals surface area contributed by atoms with Crippen LogP contribution in [0.1, 0.15) is 5.56 Å². The van der Waals surface area contributed by atoms with Gasteiger partial charge in [0.15, 0.2) is 3.95 Å². The third-order valence-electron chi connectivity index (χ3n) is 4.71. The number of anilines is 2. The Hall–Kier alpha value is -1.78. The van der Waals surface area contributed by atoms with E-state index < -0.39 is 0 Å². The molecule has 6 nitrogen and oxygen atoms in total. The van der Waals surface area contributed by atoms with Crippen molar-refractivity contribution in [3.05, 3.63) is 50.6 Å². The molecule has 1 fully saturated rings. The molecule has 2 aromatic heterocycles. The third-order valence-corrected chi connectivity index (χ3v) is 6.67. The number of aromatic nitrogens is 2. The van der Waals surface area contributed by atoms with E-state index in [1.165, 1.54) is 16.9 Å². The largest absolute Gasteiger partial charge is 0.497 e.